The summed E-state index contributed by atoms with van der Waals surface area (Å²) in [5, 5.41) is 11.0. The summed E-state index contributed by atoms with van der Waals surface area (Å²) in [6, 6.07) is -1.08. The standard InChI is InChI=1S/C9H16N2O3/c1-7(8(12)13)10-9(14)11-5-3-2-4-6-11/h7H,2-6H2,1H3,(H,10,14)(H,12,13). The average molecular weight is 200 g/mol. The fourth-order valence-corrected chi connectivity index (χ4v) is 1.44. The van der Waals surface area contributed by atoms with Crippen LogP contribution in [0.15, 0.2) is 0 Å². The Balaban J connectivity index is 2.36. The van der Waals surface area contributed by atoms with Crippen LogP contribution in [0.3, 0.4) is 0 Å². The molecule has 80 valence electrons. The highest BCUT2D eigenvalue weighted by Gasteiger charge is 2.20. The molecule has 5 heteroatoms. The SMILES string of the molecule is CC(NC(=O)N1CCCCC1)C(=O)O. The lowest BCUT2D eigenvalue weighted by Crippen LogP contribution is -2.48. The number of carboxylic acid groups (broad SMARTS) is 1. The van der Waals surface area contributed by atoms with Gasteiger partial charge in [-0.2, -0.15) is 0 Å². The van der Waals surface area contributed by atoms with E-state index in [-0.39, 0.29) is 6.03 Å². The van der Waals surface area contributed by atoms with Crippen molar-refractivity contribution in [1.29, 1.82) is 0 Å². The van der Waals surface area contributed by atoms with E-state index in [1.807, 2.05) is 0 Å². The fraction of sp³-hybridized carbons (Fsp3) is 0.778. The summed E-state index contributed by atoms with van der Waals surface area (Å²) >= 11 is 0. The lowest BCUT2D eigenvalue weighted by Gasteiger charge is -2.27. The Hall–Kier alpha value is -1.26. The minimum atomic E-state index is -1.00. The highest BCUT2D eigenvalue weighted by molar-refractivity contribution is 5.82. The first-order valence-electron chi connectivity index (χ1n) is 4.89. The summed E-state index contributed by atoms with van der Waals surface area (Å²) in [6.07, 6.45) is 3.17. The number of rotatable bonds is 2. The molecule has 0 saturated carbocycles. The molecule has 1 aliphatic rings. The Morgan fingerprint density at radius 3 is 2.36 bits per heavy atom. The molecular formula is C9H16N2O3. The van der Waals surface area contributed by atoms with Gasteiger partial charge in [-0.25, -0.2) is 4.79 Å². The quantitative estimate of drug-likeness (QED) is 0.687. The molecule has 0 aliphatic carbocycles. The number of carboxylic acids is 1. The molecule has 0 spiro atoms. The maximum atomic E-state index is 11.5. The van der Waals surface area contributed by atoms with E-state index in [1.165, 1.54) is 6.92 Å². The largest absolute Gasteiger partial charge is 0.480 e. The molecule has 0 aromatic carbocycles. The van der Waals surface area contributed by atoms with E-state index in [0.29, 0.717) is 0 Å². The number of hydrogen-bond donors (Lipinski definition) is 2. The summed E-state index contributed by atoms with van der Waals surface area (Å²) in [5.41, 5.74) is 0. The Morgan fingerprint density at radius 2 is 1.86 bits per heavy atom. The maximum absolute atomic E-state index is 11.5. The average Bonchev–Trinajstić information content (AvgIpc) is 2.19. The van der Waals surface area contributed by atoms with Crippen molar-refractivity contribution in [3.05, 3.63) is 0 Å². The summed E-state index contributed by atoms with van der Waals surface area (Å²) in [5.74, 6) is -1.00. The van der Waals surface area contributed by atoms with Gasteiger partial charge in [0.15, 0.2) is 0 Å². The van der Waals surface area contributed by atoms with Crippen LogP contribution in [0.4, 0.5) is 4.79 Å². The molecule has 1 rings (SSSR count). The van der Waals surface area contributed by atoms with Crippen LogP contribution in [0.5, 0.6) is 0 Å². The zero-order valence-corrected chi connectivity index (χ0v) is 8.32. The van der Waals surface area contributed by atoms with Crippen molar-refractivity contribution in [1.82, 2.24) is 10.2 Å². The number of aliphatic carboxylic acids is 1. The second kappa shape index (κ2) is 4.83. The van der Waals surface area contributed by atoms with Gasteiger partial charge in [-0.1, -0.05) is 0 Å². The number of hydrogen-bond acceptors (Lipinski definition) is 2. The van der Waals surface area contributed by atoms with Crippen molar-refractivity contribution in [2.24, 2.45) is 0 Å². The molecule has 1 unspecified atom stereocenters. The van der Waals surface area contributed by atoms with E-state index < -0.39 is 12.0 Å². The van der Waals surface area contributed by atoms with E-state index >= 15 is 0 Å². The Morgan fingerprint density at radius 1 is 1.29 bits per heavy atom. The normalized spacial score (nSPS) is 18.8. The molecular weight excluding hydrogens is 184 g/mol. The van der Waals surface area contributed by atoms with Crippen LogP contribution < -0.4 is 5.32 Å². The number of nitrogens with one attached hydrogen (secondary N) is 1. The van der Waals surface area contributed by atoms with Crippen LogP contribution in [-0.2, 0) is 4.79 Å². The van der Waals surface area contributed by atoms with Crippen LogP contribution in [-0.4, -0.2) is 41.1 Å². The molecule has 1 saturated heterocycles. The highest BCUT2D eigenvalue weighted by Crippen LogP contribution is 2.08. The van der Waals surface area contributed by atoms with Gasteiger partial charge >= 0.3 is 12.0 Å². The summed E-state index contributed by atoms with van der Waals surface area (Å²) in [6.45, 7) is 2.93. The molecule has 5 nitrogen and oxygen atoms in total. The highest BCUT2D eigenvalue weighted by atomic mass is 16.4. The Bertz CT molecular complexity index is 224. The fourth-order valence-electron chi connectivity index (χ4n) is 1.44. The number of urea groups is 1. The smallest absolute Gasteiger partial charge is 0.325 e. The first-order chi connectivity index (χ1) is 6.61. The summed E-state index contributed by atoms with van der Waals surface area (Å²) in [7, 11) is 0. The van der Waals surface area contributed by atoms with Crippen LogP contribution in [0.25, 0.3) is 0 Å². The van der Waals surface area contributed by atoms with E-state index in [4.69, 9.17) is 5.11 Å². The molecule has 2 amide bonds. The Labute approximate surface area is 83.1 Å². The third-order valence-electron chi connectivity index (χ3n) is 2.35. The third kappa shape index (κ3) is 2.90. The van der Waals surface area contributed by atoms with Gasteiger partial charge in [0.05, 0.1) is 0 Å². The molecule has 1 atom stereocenters. The molecule has 0 radical (unpaired) electrons. The van der Waals surface area contributed by atoms with Gasteiger partial charge in [0.2, 0.25) is 0 Å². The maximum Gasteiger partial charge on any atom is 0.325 e. The first kappa shape index (κ1) is 10.8. The number of amides is 2. The number of piperidine rings is 1. The minimum Gasteiger partial charge on any atom is -0.480 e. The number of carbonyl (C=O) groups is 2. The zero-order chi connectivity index (χ0) is 10.6. The van der Waals surface area contributed by atoms with Gasteiger partial charge in [0, 0.05) is 13.1 Å². The van der Waals surface area contributed by atoms with Crippen molar-refractivity contribution in [2.75, 3.05) is 13.1 Å². The molecule has 2 N–H and O–H groups in total. The van der Waals surface area contributed by atoms with E-state index in [0.717, 1.165) is 32.4 Å². The van der Waals surface area contributed by atoms with Gasteiger partial charge in [-0.05, 0) is 26.2 Å². The van der Waals surface area contributed by atoms with Gasteiger partial charge in [-0.3, -0.25) is 4.79 Å². The van der Waals surface area contributed by atoms with E-state index in [9.17, 15) is 9.59 Å². The van der Waals surface area contributed by atoms with E-state index in [1.54, 1.807) is 4.90 Å². The van der Waals surface area contributed by atoms with Crippen molar-refractivity contribution >= 4 is 12.0 Å². The van der Waals surface area contributed by atoms with Crippen molar-refractivity contribution in [2.45, 2.75) is 32.2 Å². The van der Waals surface area contributed by atoms with Gasteiger partial charge < -0.3 is 15.3 Å². The second-order valence-corrected chi connectivity index (χ2v) is 3.56. The summed E-state index contributed by atoms with van der Waals surface area (Å²) < 4.78 is 0. The van der Waals surface area contributed by atoms with Gasteiger partial charge in [0.25, 0.3) is 0 Å². The van der Waals surface area contributed by atoms with Crippen molar-refractivity contribution in [3.8, 4) is 0 Å². The number of likely N-dealkylation sites (tertiary alicyclic amines) is 1. The zero-order valence-electron chi connectivity index (χ0n) is 8.32. The molecule has 14 heavy (non-hydrogen) atoms. The monoisotopic (exact) mass is 200 g/mol. The van der Waals surface area contributed by atoms with E-state index in [2.05, 4.69) is 5.32 Å². The molecule has 0 aromatic rings. The lowest BCUT2D eigenvalue weighted by atomic mass is 10.1. The minimum absolute atomic E-state index is 0.264. The summed E-state index contributed by atoms with van der Waals surface area (Å²) in [4.78, 5) is 23.6. The third-order valence-corrected chi connectivity index (χ3v) is 2.35. The van der Waals surface area contributed by atoms with Crippen molar-refractivity contribution in [3.63, 3.8) is 0 Å². The lowest BCUT2D eigenvalue weighted by molar-refractivity contribution is -0.138. The van der Waals surface area contributed by atoms with Crippen LogP contribution >= 0.6 is 0 Å². The molecule has 1 heterocycles. The van der Waals surface area contributed by atoms with Gasteiger partial charge in [-0.15, -0.1) is 0 Å². The molecule has 0 aromatic heterocycles. The van der Waals surface area contributed by atoms with Crippen molar-refractivity contribution < 1.29 is 14.7 Å². The predicted octanol–water partition coefficient (Wildman–Crippen LogP) is 0.655. The van der Waals surface area contributed by atoms with Gasteiger partial charge in [0.1, 0.15) is 6.04 Å². The first-order valence-corrected chi connectivity index (χ1v) is 4.89. The van der Waals surface area contributed by atoms with Crippen LogP contribution in [0.2, 0.25) is 0 Å². The molecule has 1 aliphatic heterocycles. The van der Waals surface area contributed by atoms with Crippen LogP contribution in [0.1, 0.15) is 26.2 Å². The second-order valence-electron chi connectivity index (χ2n) is 3.56. The topological polar surface area (TPSA) is 69.6 Å². The van der Waals surface area contributed by atoms with Crippen LogP contribution in [0, 0.1) is 0 Å². The number of nitrogens with zero attached hydrogens (tertiary/aromatic N) is 1. The molecule has 0 bridgehead atoms. The Kier molecular flexibility index (Phi) is 3.73. The number of carbonyl (C=O) groups excluding carboxylic acids is 1. The molecule has 1 fully saturated rings. The predicted molar refractivity (Wildman–Crippen MR) is 51.1 cm³/mol.